The molecule has 0 saturated heterocycles. The number of ether oxygens (including phenoxy) is 1. The molecule has 1 atom stereocenters. The van der Waals surface area contributed by atoms with Gasteiger partial charge in [0.25, 0.3) is 5.56 Å². The second-order valence-electron chi connectivity index (χ2n) is 6.85. The summed E-state index contributed by atoms with van der Waals surface area (Å²) >= 11 is 1.61. The highest BCUT2D eigenvalue weighted by Gasteiger charge is 2.20. The van der Waals surface area contributed by atoms with Crippen molar-refractivity contribution in [3.05, 3.63) is 62.8 Å². The van der Waals surface area contributed by atoms with E-state index in [2.05, 4.69) is 4.98 Å². The van der Waals surface area contributed by atoms with Crippen LogP contribution in [0.4, 0.5) is 4.39 Å². The molecule has 142 valence electrons. The zero-order valence-electron chi connectivity index (χ0n) is 14.9. The van der Waals surface area contributed by atoms with Gasteiger partial charge in [0.1, 0.15) is 10.6 Å². The van der Waals surface area contributed by atoms with E-state index < -0.39 is 6.10 Å². The molecule has 2 aromatic heterocycles. The van der Waals surface area contributed by atoms with Crippen molar-refractivity contribution in [2.24, 2.45) is 0 Å². The minimum absolute atomic E-state index is 0.0144. The molecule has 1 aliphatic carbocycles. The Bertz CT molecular complexity index is 1010. The van der Waals surface area contributed by atoms with E-state index in [1.54, 1.807) is 29.5 Å². The molecule has 0 fully saturated rings. The summed E-state index contributed by atoms with van der Waals surface area (Å²) < 4.78 is 20.4. The maximum Gasteiger partial charge on any atom is 0.262 e. The molecule has 3 aromatic rings. The first-order chi connectivity index (χ1) is 13.1. The number of fused-ring (bicyclic) bond motifs is 3. The van der Waals surface area contributed by atoms with Crippen molar-refractivity contribution in [2.75, 3.05) is 6.61 Å². The predicted molar refractivity (Wildman–Crippen MR) is 103 cm³/mol. The van der Waals surface area contributed by atoms with Crippen LogP contribution in [-0.2, 0) is 30.7 Å². The van der Waals surface area contributed by atoms with E-state index in [1.165, 1.54) is 21.8 Å². The zero-order chi connectivity index (χ0) is 18.8. The molecule has 27 heavy (non-hydrogen) atoms. The number of rotatable bonds is 6. The highest BCUT2D eigenvalue weighted by atomic mass is 32.1. The van der Waals surface area contributed by atoms with Crippen molar-refractivity contribution in [1.82, 2.24) is 9.55 Å². The van der Waals surface area contributed by atoms with Crippen LogP contribution in [0.3, 0.4) is 0 Å². The molecule has 1 aromatic carbocycles. The van der Waals surface area contributed by atoms with E-state index in [0.717, 1.165) is 36.1 Å². The number of aryl methyl sites for hydroxylation is 2. The fraction of sp³-hybridized carbons (Fsp3) is 0.400. The van der Waals surface area contributed by atoms with Gasteiger partial charge in [-0.15, -0.1) is 11.3 Å². The van der Waals surface area contributed by atoms with Gasteiger partial charge in [0.2, 0.25) is 0 Å². The number of aromatic nitrogens is 2. The molecule has 0 spiro atoms. The Morgan fingerprint density at radius 1 is 1.30 bits per heavy atom. The average Bonchev–Trinajstić information content (AvgIpc) is 3.05. The summed E-state index contributed by atoms with van der Waals surface area (Å²) in [5.74, 6) is -0.333. The van der Waals surface area contributed by atoms with Crippen LogP contribution < -0.4 is 5.56 Å². The topological polar surface area (TPSA) is 64.4 Å². The Morgan fingerprint density at radius 2 is 2.11 bits per heavy atom. The predicted octanol–water partition coefficient (Wildman–Crippen LogP) is 3.05. The molecule has 0 radical (unpaired) electrons. The van der Waals surface area contributed by atoms with Crippen LogP contribution in [0.15, 0.2) is 35.4 Å². The fourth-order valence-electron chi connectivity index (χ4n) is 3.51. The Labute approximate surface area is 160 Å². The highest BCUT2D eigenvalue weighted by Crippen LogP contribution is 2.33. The second-order valence-corrected chi connectivity index (χ2v) is 7.94. The highest BCUT2D eigenvalue weighted by molar-refractivity contribution is 7.18. The third-order valence-corrected chi connectivity index (χ3v) is 6.07. The molecule has 0 amide bonds. The van der Waals surface area contributed by atoms with Crippen molar-refractivity contribution >= 4 is 21.6 Å². The minimum atomic E-state index is -0.872. The van der Waals surface area contributed by atoms with Gasteiger partial charge in [0.05, 0.1) is 37.6 Å². The third-order valence-electron chi connectivity index (χ3n) is 4.87. The van der Waals surface area contributed by atoms with Crippen molar-refractivity contribution in [3.63, 3.8) is 0 Å². The lowest BCUT2D eigenvalue weighted by Crippen LogP contribution is -2.29. The smallest absolute Gasteiger partial charge is 0.262 e. The molecular weight excluding hydrogens is 367 g/mol. The van der Waals surface area contributed by atoms with Gasteiger partial charge in [0.15, 0.2) is 0 Å². The van der Waals surface area contributed by atoms with Gasteiger partial charge in [-0.1, -0.05) is 18.2 Å². The Morgan fingerprint density at radius 3 is 2.96 bits per heavy atom. The first-order valence-corrected chi connectivity index (χ1v) is 9.94. The number of benzene rings is 1. The first kappa shape index (κ1) is 18.3. The molecule has 1 aliphatic rings. The molecule has 0 bridgehead atoms. The minimum Gasteiger partial charge on any atom is -0.389 e. The quantitative estimate of drug-likeness (QED) is 0.705. The molecule has 0 saturated carbocycles. The number of hydrogen-bond acceptors (Lipinski definition) is 5. The van der Waals surface area contributed by atoms with Crippen LogP contribution in [0.25, 0.3) is 10.2 Å². The van der Waals surface area contributed by atoms with Gasteiger partial charge in [-0.3, -0.25) is 9.36 Å². The van der Waals surface area contributed by atoms with E-state index in [0.29, 0.717) is 10.9 Å². The van der Waals surface area contributed by atoms with Gasteiger partial charge in [0, 0.05) is 10.4 Å². The van der Waals surface area contributed by atoms with E-state index >= 15 is 0 Å². The summed E-state index contributed by atoms with van der Waals surface area (Å²) in [6.07, 6.45) is 4.81. The molecule has 1 N–H and O–H groups in total. The van der Waals surface area contributed by atoms with Crippen LogP contribution in [-0.4, -0.2) is 27.4 Å². The van der Waals surface area contributed by atoms with Gasteiger partial charge < -0.3 is 9.84 Å². The molecular formula is C20H21FN2O3S. The van der Waals surface area contributed by atoms with Crippen LogP contribution in [0, 0.1) is 5.82 Å². The second kappa shape index (κ2) is 7.88. The lowest BCUT2D eigenvalue weighted by Gasteiger charge is -2.14. The van der Waals surface area contributed by atoms with Gasteiger partial charge in [-0.2, -0.15) is 0 Å². The zero-order valence-corrected chi connectivity index (χ0v) is 15.7. The molecule has 2 heterocycles. The van der Waals surface area contributed by atoms with Crippen LogP contribution in [0.5, 0.6) is 0 Å². The van der Waals surface area contributed by atoms with Gasteiger partial charge in [-0.25, -0.2) is 9.37 Å². The van der Waals surface area contributed by atoms with Crippen molar-refractivity contribution in [1.29, 1.82) is 0 Å². The van der Waals surface area contributed by atoms with Crippen LogP contribution in [0.1, 0.15) is 28.8 Å². The van der Waals surface area contributed by atoms with E-state index in [4.69, 9.17) is 4.74 Å². The molecule has 5 nitrogen and oxygen atoms in total. The lowest BCUT2D eigenvalue weighted by atomic mass is 9.97. The Hall–Kier alpha value is -2.09. The van der Waals surface area contributed by atoms with E-state index in [9.17, 15) is 14.3 Å². The number of nitrogens with zero attached hydrogens (tertiary/aromatic N) is 2. The Kier molecular flexibility index (Phi) is 5.33. The van der Waals surface area contributed by atoms with Crippen molar-refractivity contribution in [3.8, 4) is 0 Å². The molecule has 4 rings (SSSR count). The Balaban J connectivity index is 1.44. The maximum atomic E-state index is 13.6. The first-order valence-electron chi connectivity index (χ1n) is 9.12. The number of aliphatic hydroxyl groups excluding tert-OH is 1. The van der Waals surface area contributed by atoms with Gasteiger partial charge in [-0.05, 0) is 37.3 Å². The number of hydrogen-bond donors (Lipinski definition) is 1. The average molecular weight is 388 g/mol. The molecule has 0 aliphatic heterocycles. The number of halogens is 1. The van der Waals surface area contributed by atoms with Crippen molar-refractivity contribution in [2.45, 2.75) is 44.9 Å². The summed E-state index contributed by atoms with van der Waals surface area (Å²) in [4.78, 5) is 19.3. The standard InChI is InChI=1S/C20H21FN2O3S/c21-16-7-3-1-5-13(16)10-26-11-14(24)9-23-12-22-19-18(20(23)25)15-6-2-4-8-17(15)27-19/h1,3,5,7,12,14,24H,2,4,6,8-11H2/t14-/m1/s1. The van der Waals surface area contributed by atoms with Crippen molar-refractivity contribution < 1.29 is 14.2 Å². The maximum absolute atomic E-state index is 13.6. The third kappa shape index (κ3) is 3.81. The van der Waals surface area contributed by atoms with Crippen LogP contribution in [0.2, 0.25) is 0 Å². The molecule has 0 unspecified atom stereocenters. The number of aliphatic hydroxyl groups is 1. The SMILES string of the molecule is O=c1c2c3c(sc2ncn1C[C@@H](O)COCc1ccccc1F)CCCC3. The molecule has 7 heteroatoms. The summed E-state index contributed by atoms with van der Waals surface area (Å²) in [6, 6.07) is 6.37. The fourth-order valence-corrected chi connectivity index (χ4v) is 4.73. The van der Waals surface area contributed by atoms with E-state index in [-0.39, 0.29) is 31.1 Å². The lowest BCUT2D eigenvalue weighted by molar-refractivity contribution is 0.0189. The normalized spacial score (nSPS) is 15.0. The monoisotopic (exact) mass is 388 g/mol. The van der Waals surface area contributed by atoms with E-state index in [1.807, 2.05) is 0 Å². The summed E-state index contributed by atoms with van der Waals surface area (Å²) in [7, 11) is 0. The number of thiophene rings is 1. The summed E-state index contributed by atoms with van der Waals surface area (Å²) in [5, 5.41) is 10.9. The summed E-state index contributed by atoms with van der Waals surface area (Å²) in [5.41, 5.74) is 1.47. The van der Waals surface area contributed by atoms with Gasteiger partial charge >= 0.3 is 0 Å². The largest absolute Gasteiger partial charge is 0.389 e. The summed E-state index contributed by atoms with van der Waals surface area (Å²) in [6.45, 7) is 0.193. The van der Waals surface area contributed by atoms with Crippen LogP contribution >= 0.6 is 11.3 Å².